The van der Waals surface area contributed by atoms with Gasteiger partial charge in [0.05, 0.1) is 19.6 Å². The Bertz CT molecular complexity index is 1150. The van der Waals surface area contributed by atoms with Crippen molar-refractivity contribution in [2.45, 2.75) is 0 Å². The van der Waals surface area contributed by atoms with E-state index in [1.165, 1.54) is 6.07 Å². The highest BCUT2D eigenvalue weighted by Crippen LogP contribution is 2.33. The van der Waals surface area contributed by atoms with E-state index in [1.54, 1.807) is 32.5 Å². The Balaban J connectivity index is 1.91. The number of hydrogen-bond donors (Lipinski definition) is 0. The summed E-state index contributed by atoms with van der Waals surface area (Å²) in [7, 11) is 3.18. The van der Waals surface area contributed by atoms with Gasteiger partial charge in [-0.1, -0.05) is 12.1 Å². The van der Waals surface area contributed by atoms with Gasteiger partial charge in [-0.3, -0.25) is 9.78 Å². The van der Waals surface area contributed by atoms with Crippen molar-refractivity contribution in [2.24, 2.45) is 0 Å². The minimum atomic E-state index is -0.0916. The summed E-state index contributed by atoms with van der Waals surface area (Å²) >= 11 is 0. The zero-order valence-electron chi connectivity index (χ0n) is 13.8. The Labute approximate surface area is 143 Å². The summed E-state index contributed by atoms with van der Waals surface area (Å²) in [6.07, 6.45) is 1.72. The highest BCUT2D eigenvalue weighted by Gasteiger charge is 2.11. The molecule has 0 aliphatic carbocycles. The van der Waals surface area contributed by atoms with Crippen LogP contribution >= 0.6 is 0 Å². The van der Waals surface area contributed by atoms with Crippen LogP contribution in [0.4, 0.5) is 0 Å². The van der Waals surface area contributed by atoms with Crippen LogP contribution in [0.1, 0.15) is 0 Å². The lowest BCUT2D eigenvalue weighted by Gasteiger charge is -2.10. The molecular formula is C20H15NO4. The lowest BCUT2D eigenvalue weighted by Crippen LogP contribution is -2.00. The largest absolute Gasteiger partial charge is 0.493 e. The molecule has 0 radical (unpaired) electrons. The molecule has 4 aromatic rings. The van der Waals surface area contributed by atoms with Crippen molar-refractivity contribution >= 4 is 21.7 Å². The van der Waals surface area contributed by atoms with Crippen molar-refractivity contribution < 1.29 is 13.9 Å². The number of hydrogen-bond acceptors (Lipinski definition) is 5. The number of para-hydroxylation sites is 1. The zero-order valence-corrected chi connectivity index (χ0v) is 13.8. The van der Waals surface area contributed by atoms with Gasteiger partial charge in [0.25, 0.3) is 0 Å². The molecule has 0 unspecified atom stereocenters. The van der Waals surface area contributed by atoms with Crippen molar-refractivity contribution in [1.29, 1.82) is 0 Å². The van der Waals surface area contributed by atoms with Crippen LogP contribution in [0.25, 0.3) is 33.2 Å². The second kappa shape index (κ2) is 5.94. The maximum absolute atomic E-state index is 12.3. The Morgan fingerprint density at radius 1 is 0.920 bits per heavy atom. The highest BCUT2D eigenvalue weighted by molar-refractivity contribution is 5.88. The number of benzene rings is 2. The summed E-state index contributed by atoms with van der Waals surface area (Å²) in [5.41, 5.74) is 1.04. The van der Waals surface area contributed by atoms with Gasteiger partial charge >= 0.3 is 0 Å². The van der Waals surface area contributed by atoms with Gasteiger partial charge in [-0.2, -0.15) is 0 Å². The summed E-state index contributed by atoms with van der Waals surface area (Å²) in [5.74, 6) is 1.70. The Morgan fingerprint density at radius 2 is 1.64 bits per heavy atom. The van der Waals surface area contributed by atoms with Crippen LogP contribution in [-0.4, -0.2) is 19.2 Å². The predicted octanol–water partition coefficient (Wildman–Crippen LogP) is 4.03. The quantitative estimate of drug-likeness (QED) is 0.566. The fraction of sp³-hybridized carbons (Fsp3) is 0.100. The summed E-state index contributed by atoms with van der Waals surface area (Å²) in [6.45, 7) is 0. The smallest absolute Gasteiger partial charge is 0.193 e. The topological polar surface area (TPSA) is 61.6 Å². The first kappa shape index (κ1) is 15.2. The Kier molecular flexibility index (Phi) is 3.61. The molecule has 2 aromatic carbocycles. The van der Waals surface area contributed by atoms with Gasteiger partial charge in [0, 0.05) is 17.6 Å². The van der Waals surface area contributed by atoms with E-state index in [0.717, 1.165) is 10.8 Å². The maximum atomic E-state index is 12.3. The summed E-state index contributed by atoms with van der Waals surface area (Å²) in [4.78, 5) is 16.7. The summed E-state index contributed by atoms with van der Waals surface area (Å²) < 4.78 is 16.5. The average Bonchev–Trinajstić information content (AvgIpc) is 2.66. The van der Waals surface area contributed by atoms with E-state index in [0.29, 0.717) is 33.9 Å². The number of methoxy groups -OCH3 is 2. The third-order valence-corrected chi connectivity index (χ3v) is 4.11. The molecule has 4 rings (SSSR count). The van der Waals surface area contributed by atoms with E-state index < -0.39 is 0 Å². The van der Waals surface area contributed by atoms with E-state index >= 15 is 0 Å². The summed E-state index contributed by atoms with van der Waals surface area (Å²) in [5, 5.41) is 2.38. The molecule has 0 spiro atoms. The minimum Gasteiger partial charge on any atom is -0.493 e. The normalized spacial score (nSPS) is 11.0. The third kappa shape index (κ3) is 2.59. The molecule has 0 N–H and O–H groups in total. The highest BCUT2D eigenvalue weighted by atomic mass is 16.5. The van der Waals surface area contributed by atoms with Crippen LogP contribution in [0, 0.1) is 0 Å². The molecule has 2 heterocycles. The molecule has 0 saturated heterocycles. The molecule has 0 fully saturated rings. The number of aromatic nitrogens is 1. The maximum Gasteiger partial charge on any atom is 0.193 e. The zero-order chi connectivity index (χ0) is 17.4. The fourth-order valence-corrected chi connectivity index (χ4v) is 2.84. The lowest BCUT2D eigenvalue weighted by molar-refractivity contribution is 0.356. The number of rotatable bonds is 3. The van der Waals surface area contributed by atoms with E-state index in [2.05, 4.69) is 4.98 Å². The molecule has 0 bridgehead atoms. The van der Waals surface area contributed by atoms with Gasteiger partial charge in [0.15, 0.2) is 22.7 Å². The Morgan fingerprint density at radius 3 is 2.40 bits per heavy atom. The van der Waals surface area contributed by atoms with Gasteiger partial charge < -0.3 is 13.9 Å². The standard InChI is InChI=1S/C20H15NO4/c1-23-19-8-12-7-15(21-11-13(12)9-20(19)24-2)18-10-16(22)14-5-3-4-6-17(14)25-18/h3-11H,1-2H3. The first-order valence-corrected chi connectivity index (χ1v) is 7.74. The fourth-order valence-electron chi connectivity index (χ4n) is 2.84. The molecule has 0 aliphatic heterocycles. The second-order valence-electron chi connectivity index (χ2n) is 5.59. The van der Waals surface area contributed by atoms with Crippen LogP contribution in [0.15, 0.2) is 63.9 Å². The van der Waals surface area contributed by atoms with Gasteiger partial charge in [0.2, 0.25) is 0 Å². The molecule has 25 heavy (non-hydrogen) atoms. The van der Waals surface area contributed by atoms with Gasteiger partial charge in [0.1, 0.15) is 11.3 Å². The lowest BCUT2D eigenvalue weighted by atomic mass is 10.1. The van der Waals surface area contributed by atoms with E-state index in [4.69, 9.17) is 13.9 Å². The molecule has 124 valence electrons. The van der Waals surface area contributed by atoms with Crippen LogP contribution in [0.5, 0.6) is 11.5 Å². The third-order valence-electron chi connectivity index (χ3n) is 4.11. The van der Waals surface area contributed by atoms with Gasteiger partial charge in [-0.05, 0) is 35.7 Å². The Hall–Kier alpha value is -3.34. The van der Waals surface area contributed by atoms with Crippen molar-refractivity contribution in [2.75, 3.05) is 14.2 Å². The minimum absolute atomic E-state index is 0.0916. The molecule has 2 aromatic heterocycles. The van der Waals surface area contributed by atoms with Gasteiger partial charge in [-0.25, -0.2) is 0 Å². The molecule has 5 heteroatoms. The van der Waals surface area contributed by atoms with E-state index in [-0.39, 0.29) is 5.43 Å². The number of nitrogens with zero attached hydrogens (tertiary/aromatic N) is 1. The average molecular weight is 333 g/mol. The molecule has 0 amide bonds. The van der Waals surface area contributed by atoms with Crippen molar-refractivity contribution in [1.82, 2.24) is 4.98 Å². The van der Waals surface area contributed by atoms with Crippen molar-refractivity contribution in [3.63, 3.8) is 0 Å². The molecule has 0 saturated carbocycles. The number of ether oxygens (including phenoxy) is 2. The molecule has 0 aliphatic rings. The summed E-state index contributed by atoms with van der Waals surface area (Å²) in [6, 6.07) is 14.2. The second-order valence-corrected chi connectivity index (χ2v) is 5.59. The molecule has 5 nitrogen and oxygen atoms in total. The van der Waals surface area contributed by atoms with E-state index in [1.807, 2.05) is 30.3 Å². The van der Waals surface area contributed by atoms with Crippen molar-refractivity contribution in [3.05, 3.63) is 65.0 Å². The SMILES string of the molecule is COc1cc2cnc(-c3cc(=O)c4ccccc4o3)cc2cc1OC. The first-order chi connectivity index (χ1) is 12.2. The van der Waals surface area contributed by atoms with E-state index in [9.17, 15) is 4.79 Å². The molecule has 0 atom stereocenters. The monoisotopic (exact) mass is 333 g/mol. The van der Waals surface area contributed by atoms with Crippen LogP contribution in [0.2, 0.25) is 0 Å². The van der Waals surface area contributed by atoms with Crippen molar-refractivity contribution in [3.8, 4) is 23.0 Å². The number of pyridine rings is 1. The van der Waals surface area contributed by atoms with Gasteiger partial charge in [-0.15, -0.1) is 0 Å². The van der Waals surface area contributed by atoms with Crippen LogP contribution in [0.3, 0.4) is 0 Å². The van der Waals surface area contributed by atoms with Crippen LogP contribution < -0.4 is 14.9 Å². The first-order valence-electron chi connectivity index (χ1n) is 7.74. The number of fused-ring (bicyclic) bond motifs is 2. The predicted molar refractivity (Wildman–Crippen MR) is 96.3 cm³/mol. The van der Waals surface area contributed by atoms with Crippen LogP contribution in [-0.2, 0) is 0 Å². The molecular weight excluding hydrogens is 318 g/mol.